The maximum absolute atomic E-state index is 5.92. The van der Waals surface area contributed by atoms with Gasteiger partial charge in [0.15, 0.2) is 0 Å². The second-order valence-corrected chi connectivity index (χ2v) is 4.92. The highest BCUT2D eigenvalue weighted by molar-refractivity contribution is 5.49. The van der Waals surface area contributed by atoms with Crippen LogP contribution in [0.25, 0.3) is 0 Å². The first-order chi connectivity index (χ1) is 7.72. The predicted octanol–water partition coefficient (Wildman–Crippen LogP) is 1.72. The van der Waals surface area contributed by atoms with Crippen LogP contribution in [0, 0.1) is 0 Å². The topological polar surface area (TPSA) is 38.5 Å². The summed E-state index contributed by atoms with van der Waals surface area (Å²) >= 11 is 0. The van der Waals surface area contributed by atoms with Gasteiger partial charge in [-0.3, -0.25) is 4.90 Å². The zero-order chi connectivity index (χ0) is 11.2. The Hall–Kier alpha value is -1.06. The number of benzene rings is 1. The molecule has 3 rings (SSSR count). The highest BCUT2D eigenvalue weighted by Crippen LogP contribution is 2.45. The Bertz CT molecular complexity index is 410. The Kier molecular flexibility index (Phi) is 2.19. The van der Waals surface area contributed by atoms with Crippen molar-refractivity contribution in [2.45, 2.75) is 24.9 Å². The fraction of sp³-hybridized carbons (Fsp3) is 0.538. The zero-order valence-corrected chi connectivity index (χ0v) is 9.70. The molecule has 2 heterocycles. The zero-order valence-electron chi connectivity index (χ0n) is 9.70. The van der Waals surface area contributed by atoms with Gasteiger partial charge in [0, 0.05) is 25.4 Å². The van der Waals surface area contributed by atoms with Crippen LogP contribution in [-0.2, 0) is 16.8 Å². The minimum atomic E-state index is 0.183. The van der Waals surface area contributed by atoms with Crippen LogP contribution < -0.4 is 5.73 Å². The van der Waals surface area contributed by atoms with Gasteiger partial charge in [-0.25, -0.2) is 0 Å². The van der Waals surface area contributed by atoms with Gasteiger partial charge in [0.1, 0.15) is 0 Å². The SMILES string of the molecule is CN1Cc2ccc(N)cc2C12CCOCC2. The molecule has 1 aromatic carbocycles. The number of nitrogen functional groups attached to an aromatic ring is 1. The molecule has 1 fully saturated rings. The lowest BCUT2D eigenvalue weighted by atomic mass is 9.82. The van der Waals surface area contributed by atoms with Crippen LogP contribution in [-0.4, -0.2) is 25.2 Å². The summed E-state index contributed by atoms with van der Waals surface area (Å²) in [5.74, 6) is 0. The van der Waals surface area contributed by atoms with Crippen LogP contribution in [0.5, 0.6) is 0 Å². The van der Waals surface area contributed by atoms with Crippen molar-refractivity contribution in [3.63, 3.8) is 0 Å². The van der Waals surface area contributed by atoms with E-state index in [1.165, 1.54) is 11.1 Å². The highest BCUT2D eigenvalue weighted by Gasteiger charge is 2.43. The molecule has 0 amide bonds. The van der Waals surface area contributed by atoms with Crippen LogP contribution >= 0.6 is 0 Å². The van der Waals surface area contributed by atoms with Gasteiger partial charge in [-0.15, -0.1) is 0 Å². The summed E-state index contributed by atoms with van der Waals surface area (Å²) in [4.78, 5) is 2.46. The molecule has 1 spiro atoms. The molecule has 0 unspecified atom stereocenters. The maximum atomic E-state index is 5.92. The Morgan fingerprint density at radius 3 is 2.81 bits per heavy atom. The molecule has 0 aliphatic carbocycles. The summed E-state index contributed by atoms with van der Waals surface area (Å²) in [5, 5.41) is 0. The summed E-state index contributed by atoms with van der Waals surface area (Å²) < 4.78 is 5.49. The largest absolute Gasteiger partial charge is 0.399 e. The summed E-state index contributed by atoms with van der Waals surface area (Å²) in [7, 11) is 2.21. The van der Waals surface area contributed by atoms with Gasteiger partial charge in [-0.1, -0.05) is 6.07 Å². The van der Waals surface area contributed by atoms with Crippen LogP contribution in [0.4, 0.5) is 5.69 Å². The van der Waals surface area contributed by atoms with Crippen molar-refractivity contribution in [2.24, 2.45) is 0 Å². The molecule has 3 heteroatoms. The van der Waals surface area contributed by atoms with Crippen LogP contribution in [0.3, 0.4) is 0 Å². The van der Waals surface area contributed by atoms with Crippen molar-refractivity contribution in [1.82, 2.24) is 4.90 Å². The first-order valence-electron chi connectivity index (χ1n) is 5.90. The number of rotatable bonds is 0. The number of ether oxygens (including phenoxy) is 1. The van der Waals surface area contributed by atoms with E-state index in [0.29, 0.717) is 0 Å². The smallest absolute Gasteiger partial charge is 0.0508 e. The lowest BCUT2D eigenvalue weighted by Gasteiger charge is -2.40. The van der Waals surface area contributed by atoms with Crippen LogP contribution in [0.2, 0.25) is 0 Å². The number of fused-ring (bicyclic) bond motifs is 2. The molecule has 2 aliphatic rings. The normalized spacial score (nSPS) is 23.6. The summed E-state index contributed by atoms with van der Waals surface area (Å²) in [6, 6.07) is 6.33. The van der Waals surface area contributed by atoms with E-state index in [1.807, 2.05) is 6.07 Å². The maximum Gasteiger partial charge on any atom is 0.0508 e. The van der Waals surface area contributed by atoms with Gasteiger partial charge in [-0.05, 0) is 43.1 Å². The van der Waals surface area contributed by atoms with E-state index in [4.69, 9.17) is 10.5 Å². The Balaban J connectivity index is 2.09. The second kappa shape index (κ2) is 3.47. The minimum absolute atomic E-state index is 0.183. The van der Waals surface area contributed by atoms with E-state index >= 15 is 0 Å². The third-order valence-corrected chi connectivity index (χ3v) is 4.09. The predicted molar refractivity (Wildman–Crippen MR) is 64.1 cm³/mol. The molecule has 0 aromatic heterocycles. The van der Waals surface area contributed by atoms with Crippen molar-refractivity contribution < 1.29 is 4.74 Å². The molecule has 2 N–H and O–H groups in total. The minimum Gasteiger partial charge on any atom is -0.399 e. The van der Waals surface area contributed by atoms with Gasteiger partial charge in [0.2, 0.25) is 0 Å². The van der Waals surface area contributed by atoms with Crippen molar-refractivity contribution in [3.05, 3.63) is 29.3 Å². The van der Waals surface area contributed by atoms with Crippen molar-refractivity contribution >= 4 is 5.69 Å². The quantitative estimate of drug-likeness (QED) is 0.674. The van der Waals surface area contributed by atoms with E-state index in [1.54, 1.807) is 0 Å². The highest BCUT2D eigenvalue weighted by atomic mass is 16.5. The average molecular weight is 218 g/mol. The van der Waals surface area contributed by atoms with Crippen molar-refractivity contribution in [1.29, 1.82) is 0 Å². The first-order valence-corrected chi connectivity index (χ1v) is 5.90. The Morgan fingerprint density at radius 1 is 1.31 bits per heavy atom. The standard InChI is InChI=1S/C13H18N2O/c1-15-9-10-2-3-11(14)8-12(10)13(15)4-6-16-7-5-13/h2-3,8H,4-7,9,14H2,1H3. The number of hydrogen-bond donors (Lipinski definition) is 1. The lowest BCUT2D eigenvalue weighted by Crippen LogP contribution is -2.43. The van der Waals surface area contributed by atoms with Crippen molar-refractivity contribution in [3.8, 4) is 0 Å². The Morgan fingerprint density at radius 2 is 2.06 bits per heavy atom. The molecule has 86 valence electrons. The third-order valence-electron chi connectivity index (χ3n) is 4.09. The van der Waals surface area contributed by atoms with Crippen molar-refractivity contribution in [2.75, 3.05) is 26.0 Å². The molecular formula is C13H18N2O. The summed E-state index contributed by atoms with van der Waals surface area (Å²) in [6.45, 7) is 2.76. The summed E-state index contributed by atoms with van der Waals surface area (Å²) in [6.07, 6.45) is 2.17. The van der Waals surface area contributed by atoms with Gasteiger partial charge in [0.25, 0.3) is 0 Å². The van der Waals surface area contributed by atoms with E-state index < -0.39 is 0 Å². The van der Waals surface area contributed by atoms with Crippen LogP contribution in [0.1, 0.15) is 24.0 Å². The van der Waals surface area contributed by atoms with E-state index in [-0.39, 0.29) is 5.54 Å². The molecule has 1 saturated heterocycles. The number of nitrogens with two attached hydrogens (primary N) is 1. The average Bonchev–Trinajstić information content (AvgIpc) is 2.55. The van der Waals surface area contributed by atoms with Gasteiger partial charge in [-0.2, -0.15) is 0 Å². The van der Waals surface area contributed by atoms with Gasteiger partial charge >= 0.3 is 0 Å². The molecule has 0 radical (unpaired) electrons. The molecule has 3 nitrogen and oxygen atoms in total. The van der Waals surface area contributed by atoms with E-state index in [2.05, 4.69) is 24.1 Å². The molecule has 0 saturated carbocycles. The molecule has 0 bridgehead atoms. The van der Waals surface area contributed by atoms with Gasteiger partial charge in [0.05, 0.1) is 5.54 Å². The van der Waals surface area contributed by atoms with Crippen LogP contribution in [0.15, 0.2) is 18.2 Å². The first kappa shape index (κ1) is 10.1. The lowest BCUT2D eigenvalue weighted by molar-refractivity contribution is -0.0131. The summed E-state index contributed by atoms with van der Waals surface area (Å²) in [5.41, 5.74) is 9.83. The van der Waals surface area contributed by atoms with Gasteiger partial charge < -0.3 is 10.5 Å². The molecule has 1 aromatic rings. The molecule has 2 aliphatic heterocycles. The Labute approximate surface area is 96.2 Å². The second-order valence-electron chi connectivity index (χ2n) is 4.92. The number of hydrogen-bond acceptors (Lipinski definition) is 3. The number of anilines is 1. The fourth-order valence-corrected chi connectivity index (χ4v) is 3.14. The molecule has 0 atom stereocenters. The number of nitrogens with zero attached hydrogens (tertiary/aromatic N) is 1. The van der Waals surface area contributed by atoms with E-state index in [9.17, 15) is 0 Å². The molecule has 16 heavy (non-hydrogen) atoms. The van der Waals surface area contributed by atoms with E-state index in [0.717, 1.165) is 38.3 Å². The third kappa shape index (κ3) is 1.28. The monoisotopic (exact) mass is 218 g/mol. The fourth-order valence-electron chi connectivity index (χ4n) is 3.14. The molecular weight excluding hydrogens is 200 g/mol.